The Morgan fingerprint density at radius 1 is 1.18 bits per heavy atom. The summed E-state index contributed by atoms with van der Waals surface area (Å²) in [6, 6.07) is -2.89. The number of carbonyl (C=O) groups excluding carboxylic acids is 3. The zero-order chi connectivity index (χ0) is 21.3. The molecular formula is C16H26N6O5S. The second-order valence-corrected chi connectivity index (χ2v) is 6.83. The van der Waals surface area contributed by atoms with Crippen molar-refractivity contribution >= 4 is 36.3 Å². The Kier molecular flexibility index (Phi) is 9.45. The Labute approximate surface area is 167 Å². The summed E-state index contributed by atoms with van der Waals surface area (Å²) in [6.07, 6.45) is 2.94. The molecule has 0 aliphatic rings. The molecule has 0 spiro atoms. The van der Waals surface area contributed by atoms with E-state index in [1.54, 1.807) is 13.8 Å². The van der Waals surface area contributed by atoms with Crippen molar-refractivity contribution in [2.75, 3.05) is 12.3 Å². The van der Waals surface area contributed by atoms with Crippen molar-refractivity contribution in [3.8, 4) is 0 Å². The lowest BCUT2D eigenvalue weighted by Gasteiger charge is -2.23. The van der Waals surface area contributed by atoms with Gasteiger partial charge in [-0.1, -0.05) is 13.8 Å². The number of aromatic amines is 1. The number of hydrogen-bond donors (Lipinski definition) is 7. The average Bonchev–Trinajstić information content (AvgIpc) is 3.15. The molecule has 28 heavy (non-hydrogen) atoms. The van der Waals surface area contributed by atoms with Crippen LogP contribution in [0.4, 0.5) is 0 Å². The maximum atomic E-state index is 12.5. The van der Waals surface area contributed by atoms with E-state index in [9.17, 15) is 19.2 Å². The molecule has 11 nitrogen and oxygen atoms in total. The van der Waals surface area contributed by atoms with E-state index in [1.165, 1.54) is 12.5 Å². The molecule has 0 bridgehead atoms. The van der Waals surface area contributed by atoms with Crippen LogP contribution in [0.25, 0.3) is 0 Å². The highest BCUT2D eigenvalue weighted by Crippen LogP contribution is 2.02. The third kappa shape index (κ3) is 7.56. The molecule has 1 heterocycles. The van der Waals surface area contributed by atoms with E-state index in [1.807, 2.05) is 0 Å². The number of carbonyl (C=O) groups is 4. The fourth-order valence-corrected chi connectivity index (χ4v) is 2.41. The smallest absolute Gasteiger partial charge is 0.322 e. The Morgan fingerprint density at radius 3 is 2.32 bits per heavy atom. The molecule has 0 aliphatic heterocycles. The Bertz CT molecular complexity index is 681. The molecule has 0 fully saturated rings. The van der Waals surface area contributed by atoms with E-state index in [-0.39, 0.29) is 18.1 Å². The molecule has 0 saturated heterocycles. The van der Waals surface area contributed by atoms with Crippen molar-refractivity contribution in [1.82, 2.24) is 25.9 Å². The third-order valence-electron chi connectivity index (χ3n) is 3.86. The monoisotopic (exact) mass is 414 g/mol. The van der Waals surface area contributed by atoms with Crippen LogP contribution in [-0.2, 0) is 25.6 Å². The first-order valence-electron chi connectivity index (χ1n) is 8.59. The first kappa shape index (κ1) is 23.4. The quantitative estimate of drug-likeness (QED) is 0.205. The number of hydrogen-bond acceptors (Lipinski definition) is 7. The van der Waals surface area contributed by atoms with Crippen molar-refractivity contribution in [2.24, 2.45) is 11.7 Å². The number of aromatic nitrogens is 2. The van der Waals surface area contributed by atoms with Crippen LogP contribution < -0.4 is 21.7 Å². The molecule has 0 radical (unpaired) electrons. The van der Waals surface area contributed by atoms with E-state index in [4.69, 9.17) is 10.8 Å². The van der Waals surface area contributed by atoms with Gasteiger partial charge < -0.3 is 31.8 Å². The molecule has 1 rings (SSSR count). The van der Waals surface area contributed by atoms with Crippen LogP contribution in [0.3, 0.4) is 0 Å². The van der Waals surface area contributed by atoms with Gasteiger partial charge in [-0.25, -0.2) is 4.98 Å². The van der Waals surface area contributed by atoms with Gasteiger partial charge in [0.15, 0.2) is 0 Å². The largest absolute Gasteiger partial charge is 0.480 e. The number of rotatable bonds is 11. The zero-order valence-electron chi connectivity index (χ0n) is 15.6. The van der Waals surface area contributed by atoms with Crippen LogP contribution in [-0.4, -0.2) is 69.2 Å². The first-order valence-corrected chi connectivity index (χ1v) is 9.22. The number of thiol groups is 1. The second kappa shape index (κ2) is 11.3. The highest BCUT2D eigenvalue weighted by Gasteiger charge is 2.28. The van der Waals surface area contributed by atoms with Gasteiger partial charge in [-0.15, -0.1) is 0 Å². The van der Waals surface area contributed by atoms with Gasteiger partial charge in [0.2, 0.25) is 17.7 Å². The molecule has 0 aliphatic carbocycles. The Morgan fingerprint density at radius 2 is 1.82 bits per heavy atom. The van der Waals surface area contributed by atoms with E-state index < -0.39 is 48.4 Å². The van der Waals surface area contributed by atoms with Crippen molar-refractivity contribution in [3.63, 3.8) is 0 Å². The highest BCUT2D eigenvalue weighted by molar-refractivity contribution is 7.80. The number of nitrogens with two attached hydrogens (primary N) is 1. The normalized spacial score (nSPS) is 14.0. The predicted molar refractivity (Wildman–Crippen MR) is 103 cm³/mol. The lowest BCUT2D eigenvalue weighted by molar-refractivity contribution is -0.138. The predicted octanol–water partition coefficient (Wildman–Crippen LogP) is -1.96. The van der Waals surface area contributed by atoms with Gasteiger partial charge >= 0.3 is 5.97 Å². The molecule has 156 valence electrons. The van der Waals surface area contributed by atoms with Gasteiger partial charge in [0, 0.05) is 24.1 Å². The van der Waals surface area contributed by atoms with Gasteiger partial charge in [0.1, 0.15) is 18.6 Å². The summed E-state index contributed by atoms with van der Waals surface area (Å²) in [5.74, 6) is -3.20. The molecule has 3 atom stereocenters. The molecule has 1 aromatic heterocycles. The second-order valence-electron chi connectivity index (χ2n) is 6.47. The van der Waals surface area contributed by atoms with Crippen LogP contribution in [0.15, 0.2) is 12.5 Å². The van der Waals surface area contributed by atoms with Crippen molar-refractivity contribution in [3.05, 3.63) is 18.2 Å². The van der Waals surface area contributed by atoms with Gasteiger partial charge in [-0.3, -0.25) is 19.2 Å². The average molecular weight is 414 g/mol. The minimum atomic E-state index is -1.22. The van der Waals surface area contributed by atoms with Crippen molar-refractivity contribution in [2.45, 2.75) is 38.4 Å². The van der Waals surface area contributed by atoms with Crippen LogP contribution in [0.2, 0.25) is 0 Å². The molecule has 12 heteroatoms. The maximum absolute atomic E-state index is 12.5. The molecule has 0 saturated carbocycles. The zero-order valence-corrected chi connectivity index (χ0v) is 16.5. The van der Waals surface area contributed by atoms with Gasteiger partial charge in [0.25, 0.3) is 0 Å². The number of amides is 3. The molecule has 1 aromatic rings. The minimum absolute atomic E-state index is 0.0179. The van der Waals surface area contributed by atoms with E-state index >= 15 is 0 Å². The van der Waals surface area contributed by atoms with Crippen LogP contribution in [0, 0.1) is 5.92 Å². The van der Waals surface area contributed by atoms with Gasteiger partial charge in [-0.2, -0.15) is 12.6 Å². The van der Waals surface area contributed by atoms with Crippen LogP contribution >= 0.6 is 12.6 Å². The number of carboxylic acid groups (broad SMARTS) is 1. The fraction of sp³-hybridized carbons (Fsp3) is 0.562. The van der Waals surface area contributed by atoms with Crippen LogP contribution in [0.5, 0.6) is 0 Å². The summed E-state index contributed by atoms with van der Waals surface area (Å²) in [6.45, 7) is 2.95. The molecule has 3 unspecified atom stereocenters. The minimum Gasteiger partial charge on any atom is -0.480 e. The number of H-pyrrole nitrogens is 1. The lowest BCUT2D eigenvalue weighted by Crippen LogP contribution is -2.57. The summed E-state index contributed by atoms with van der Waals surface area (Å²) in [5.41, 5.74) is 6.33. The van der Waals surface area contributed by atoms with E-state index in [0.717, 1.165) is 0 Å². The number of imidazole rings is 1. The third-order valence-corrected chi connectivity index (χ3v) is 4.23. The number of carboxylic acids is 1. The fourth-order valence-electron chi connectivity index (χ4n) is 2.15. The summed E-state index contributed by atoms with van der Waals surface area (Å²) in [4.78, 5) is 54.3. The Balaban J connectivity index is 2.82. The van der Waals surface area contributed by atoms with Crippen molar-refractivity contribution in [1.29, 1.82) is 0 Å². The van der Waals surface area contributed by atoms with Gasteiger partial charge in [0.05, 0.1) is 12.4 Å². The molecule has 0 aromatic carbocycles. The lowest BCUT2D eigenvalue weighted by atomic mass is 10.0. The summed E-state index contributed by atoms with van der Waals surface area (Å²) in [5, 5.41) is 15.9. The number of aliphatic carboxylic acids is 1. The number of nitrogens with one attached hydrogen (secondary N) is 4. The molecule has 3 amide bonds. The SMILES string of the molecule is CC(C)C(N)C(=O)NC(CS)C(=O)NC(Cc1cnc[nH]1)C(=O)NCC(=O)O. The van der Waals surface area contributed by atoms with E-state index in [2.05, 4.69) is 38.5 Å². The topological polar surface area (TPSA) is 179 Å². The van der Waals surface area contributed by atoms with E-state index in [0.29, 0.717) is 5.69 Å². The summed E-state index contributed by atoms with van der Waals surface area (Å²) < 4.78 is 0. The molecular weight excluding hydrogens is 388 g/mol. The maximum Gasteiger partial charge on any atom is 0.322 e. The van der Waals surface area contributed by atoms with Crippen molar-refractivity contribution < 1.29 is 24.3 Å². The molecule has 7 N–H and O–H groups in total. The Hall–Kier alpha value is -2.60. The standard InChI is InChI=1S/C16H26N6O5S/c1-8(2)13(17)16(27)22-11(6-28)15(26)21-10(3-9-4-18-7-20-9)14(25)19-5-12(23)24/h4,7-8,10-11,13,28H,3,5-6,17H2,1-2H3,(H,18,20)(H,19,25)(H,21,26)(H,22,27)(H,23,24). The van der Waals surface area contributed by atoms with Gasteiger partial charge in [-0.05, 0) is 5.92 Å². The van der Waals surface area contributed by atoms with Crippen LogP contribution in [0.1, 0.15) is 19.5 Å². The highest BCUT2D eigenvalue weighted by atomic mass is 32.1. The summed E-state index contributed by atoms with van der Waals surface area (Å²) in [7, 11) is 0. The first-order chi connectivity index (χ1) is 13.1. The number of nitrogens with zero attached hydrogens (tertiary/aromatic N) is 1. The summed E-state index contributed by atoms with van der Waals surface area (Å²) >= 11 is 4.07.